The number of carbonyl (C=O) groups excluding carboxylic acids is 6. The van der Waals surface area contributed by atoms with Crippen LogP contribution in [0.1, 0.15) is 232 Å². The van der Waals surface area contributed by atoms with Crippen molar-refractivity contribution in [1.82, 2.24) is 61.0 Å². The summed E-state index contributed by atoms with van der Waals surface area (Å²) in [6, 6.07) is 42.2. The fraction of sp³-hybridized carbons (Fsp3) is 0.422. The van der Waals surface area contributed by atoms with Gasteiger partial charge in [0.1, 0.15) is 41.2 Å². The molecule has 0 aliphatic rings. The predicted molar refractivity (Wildman–Crippen MR) is 547 cm³/mol. The molecule has 0 unspecified atom stereocenters. The van der Waals surface area contributed by atoms with E-state index < -0.39 is 134 Å². The summed E-state index contributed by atoms with van der Waals surface area (Å²) in [6.45, 7) is 22.0. The van der Waals surface area contributed by atoms with Crippen molar-refractivity contribution in [2.24, 2.45) is 0 Å². The number of nitrogens with zero attached hydrogens (tertiary/aromatic N) is 4. The number of benzene rings is 9. The van der Waals surface area contributed by atoms with E-state index in [0.717, 1.165) is 103 Å². The molecule has 28 nitrogen and oxygen atoms in total. The van der Waals surface area contributed by atoms with Gasteiger partial charge in [0.15, 0.2) is 0 Å². The van der Waals surface area contributed by atoms with Crippen LogP contribution in [0, 0.1) is 34.9 Å². The van der Waals surface area contributed by atoms with Gasteiger partial charge in [0.05, 0.1) is 65.6 Å². The van der Waals surface area contributed by atoms with E-state index in [1.165, 1.54) is 71.6 Å². The topological polar surface area (TPSA) is 404 Å². The molecule has 786 valence electrons. The number of aromatic nitrogens is 1. The Balaban J connectivity index is 0.000000266. The average Bonchev–Trinajstić information content (AvgIpc) is 1.71. The van der Waals surface area contributed by atoms with Crippen LogP contribution in [0.25, 0.3) is 11.5 Å². The summed E-state index contributed by atoms with van der Waals surface area (Å²) < 4.78 is 147. The molecule has 10 aromatic rings. The molecule has 1 aromatic heterocycles. The number of amides is 6. The SMILES string of the molecule is CCCN(CCC)C(=O)c1cc(C(=O)N[C@@H](Cc2cc(F)cc(F)c2)[C@@H](O)CCNCc2cccc(CC)c2)cc(-c2ncco2)c1.CCCN(CCC)C(=O)c1cc(C(=O)N[C@@H](Cc2cc(F)cc(F)c2)[C@H](O)CCNCc2cccc(CC)c2)cc(S(=O)(=O)NCCO)c1.CCCN(CCC)C(=O)c1cc(C(=O)N[C@@H](Cc2cc(F)cc(F)c2)[C@H](O)CCNCc2ccccc2CC)cc(S(=O)(=O)NCCO)c1. The van der Waals surface area contributed by atoms with E-state index >= 15 is 0 Å². The Labute approximate surface area is 847 Å². The van der Waals surface area contributed by atoms with E-state index in [2.05, 4.69) is 85.3 Å². The molecule has 9 aromatic carbocycles. The lowest BCUT2D eigenvalue weighted by Crippen LogP contribution is -2.46. The Bertz CT molecular complexity index is 5990. The van der Waals surface area contributed by atoms with Crippen LogP contribution < -0.4 is 41.3 Å². The van der Waals surface area contributed by atoms with E-state index in [-0.39, 0.29) is 118 Å². The summed E-state index contributed by atoms with van der Waals surface area (Å²) in [5.74, 6) is -7.80. The molecule has 10 rings (SSSR count). The van der Waals surface area contributed by atoms with Crippen LogP contribution in [0.3, 0.4) is 0 Å². The molecule has 0 spiro atoms. The zero-order valence-electron chi connectivity index (χ0n) is 84.0. The summed E-state index contributed by atoms with van der Waals surface area (Å²) >= 11 is 0. The molecule has 0 saturated heterocycles. The van der Waals surface area contributed by atoms with Crippen LogP contribution in [0.4, 0.5) is 26.3 Å². The van der Waals surface area contributed by atoms with Crippen LogP contribution in [0.2, 0.25) is 0 Å². The van der Waals surface area contributed by atoms with Crippen LogP contribution in [0.15, 0.2) is 209 Å². The van der Waals surface area contributed by atoms with E-state index in [4.69, 9.17) is 4.42 Å². The maximum atomic E-state index is 14.1. The van der Waals surface area contributed by atoms with Gasteiger partial charge in [0, 0.05) is 129 Å². The van der Waals surface area contributed by atoms with Gasteiger partial charge >= 0.3 is 0 Å². The number of aliphatic hydroxyl groups is 5. The molecule has 0 fully saturated rings. The Morgan fingerprint density at radius 1 is 0.352 bits per heavy atom. The van der Waals surface area contributed by atoms with Crippen LogP contribution >= 0.6 is 0 Å². The van der Waals surface area contributed by atoms with E-state index in [0.29, 0.717) is 115 Å². The van der Waals surface area contributed by atoms with Gasteiger partial charge in [-0.25, -0.2) is 57.6 Å². The molecule has 6 atom stereocenters. The number of nitrogens with one attached hydrogen (secondary N) is 8. The minimum absolute atomic E-state index is 0.0217. The predicted octanol–water partition coefficient (Wildman–Crippen LogP) is 14.2. The second-order valence-corrected chi connectivity index (χ2v) is 39.0. The number of oxazole rings is 1. The minimum atomic E-state index is -4.23. The number of hydrogen-bond donors (Lipinski definition) is 13. The van der Waals surface area contributed by atoms with Gasteiger partial charge in [0.2, 0.25) is 25.9 Å². The molecule has 0 radical (unpaired) electrons. The molecule has 6 amide bonds. The third-order valence-corrected chi connectivity index (χ3v) is 26.7. The number of rotatable bonds is 57. The van der Waals surface area contributed by atoms with Crippen LogP contribution in [0.5, 0.6) is 0 Å². The van der Waals surface area contributed by atoms with Gasteiger partial charge in [-0.2, -0.15) is 0 Å². The van der Waals surface area contributed by atoms with E-state index in [9.17, 15) is 97.5 Å². The van der Waals surface area contributed by atoms with Crippen molar-refractivity contribution < 1.29 is 102 Å². The number of sulfonamides is 2. The summed E-state index contributed by atoms with van der Waals surface area (Å²) in [6.07, 6.45) is 6.68. The molecule has 13 N–H and O–H groups in total. The first kappa shape index (κ1) is 118. The van der Waals surface area contributed by atoms with Gasteiger partial charge in [-0.05, 0) is 257 Å². The molecule has 0 bridgehead atoms. The first-order valence-electron chi connectivity index (χ1n) is 49.6. The second kappa shape index (κ2) is 60.9. The summed E-state index contributed by atoms with van der Waals surface area (Å²) in [5.41, 5.74) is 8.11. The minimum Gasteiger partial charge on any atom is -0.445 e. The number of carbonyl (C=O) groups is 6. The molecule has 145 heavy (non-hydrogen) atoms. The summed E-state index contributed by atoms with van der Waals surface area (Å²) in [4.78, 5) is 90.4. The zero-order chi connectivity index (χ0) is 106. The molecule has 0 aliphatic carbocycles. The van der Waals surface area contributed by atoms with Crippen molar-refractivity contribution in [1.29, 1.82) is 0 Å². The molecular weight excluding hydrogens is 1910 g/mol. The highest BCUT2D eigenvalue weighted by molar-refractivity contribution is 7.89. The van der Waals surface area contributed by atoms with Crippen LogP contribution in [-0.2, 0) is 78.2 Å². The van der Waals surface area contributed by atoms with Gasteiger partial charge in [-0.15, -0.1) is 0 Å². The second-order valence-electron chi connectivity index (χ2n) is 35.5. The summed E-state index contributed by atoms with van der Waals surface area (Å²) in [5, 5.41) is 70.4. The molecule has 36 heteroatoms. The Hall–Kier alpha value is -11.9. The average molecular weight is 2050 g/mol. The first-order valence-corrected chi connectivity index (χ1v) is 52.6. The van der Waals surface area contributed by atoms with Gasteiger partial charge < -0.3 is 76.6 Å². The zero-order valence-corrected chi connectivity index (χ0v) is 85.6. The number of aryl methyl sites for hydroxylation is 3. The lowest BCUT2D eigenvalue weighted by molar-refractivity contribution is 0.0747. The van der Waals surface area contributed by atoms with Gasteiger partial charge in [-0.3, -0.25) is 28.8 Å². The van der Waals surface area contributed by atoms with Crippen molar-refractivity contribution in [3.8, 4) is 11.5 Å². The Morgan fingerprint density at radius 3 is 0.979 bits per heavy atom. The first-order chi connectivity index (χ1) is 69.5. The number of aliphatic hydroxyl groups excluding tert-OH is 5. The highest BCUT2D eigenvalue weighted by Gasteiger charge is 2.32. The van der Waals surface area contributed by atoms with Crippen molar-refractivity contribution in [3.63, 3.8) is 0 Å². The standard InChI is InChI=1S/C37H44F2N4O4.2C36H48F2N4O6S/c1-4-13-43(14-5-2)37(46)30-21-28(20-29(22-30)36-41-12-15-47-36)35(45)42-33(19-27-17-31(38)23-32(39)18-27)34(44)10-11-40-24-26-9-7-8-25(6-3)16-26;1-4-13-42(14-5-2)36(46)29-20-28(21-32(22-29)49(47,48)40-12-15-43)35(45)41-33(19-27-17-30(37)23-31(38)18-27)34(44)10-11-39-24-26-9-7-8-25(6-3)16-26;1-4-14-42(15-5-2)36(46)29-20-28(21-32(22-29)49(47,48)40-13-16-43)35(45)41-33(19-25-17-30(37)23-31(38)18-25)34(44)11-12-39-24-27-10-8-7-9-26(27)6-3/h7-9,12,15-18,20-23,33-34,40,44H,4-6,10-11,13-14,19,24H2,1-3H3,(H,42,45);7-9,16-18,20-23,33-34,39-40,43-44H,4-6,10-15,19,24H2,1-3H3,(H,41,45);7-10,17-18,20-23,33-34,39-40,43-44H,4-6,11-16,19,24H2,1-3H3,(H,41,45)/t33-,34-;2*33-,34+/m000/s1. The van der Waals surface area contributed by atoms with E-state index in [1.54, 1.807) is 26.8 Å². The highest BCUT2D eigenvalue weighted by atomic mass is 32.2. The normalized spacial score (nSPS) is 12.7. The van der Waals surface area contributed by atoms with Crippen LogP contribution in [-0.4, -0.2) is 219 Å². The van der Waals surface area contributed by atoms with E-state index in [1.807, 2.05) is 96.1 Å². The maximum Gasteiger partial charge on any atom is 0.253 e. The number of halogens is 6. The molecule has 1 heterocycles. The lowest BCUT2D eigenvalue weighted by atomic mass is 9.97. The third-order valence-electron chi connectivity index (χ3n) is 23.8. The largest absolute Gasteiger partial charge is 0.445 e. The monoisotopic (exact) mass is 2050 g/mol. The maximum absolute atomic E-state index is 14.1. The van der Waals surface area contributed by atoms with Gasteiger partial charge in [-0.1, -0.05) is 135 Å². The Morgan fingerprint density at radius 2 is 0.662 bits per heavy atom. The lowest BCUT2D eigenvalue weighted by Gasteiger charge is -2.25. The fourth-order valence-electron chi connectivity index (χ4n) is 16.6. The number of hydrogen-bond acceptors (Lipinski definition) is 20. The van der Waals surface area contributed by atoms with Crippen molar-refractivity contribution in [3.05, 3.63) is 313 Å². The highest BCUT2D eigenvalue weighted by Crippen LogP contribution is 2.28. The van der Waals surface area contributed by atoms with Crippen molar-refractivity contribution in [2.75, 3.05) is 85.2 Å². The quantitative estimate of drug-likeness (QED) is 0.0124. The van der Waals surface area contributed by atoms with Crippen molar-refractivity contribution >= 4 is 55.5 Å². The molecule has 0 saturated carbocycles. The van der Waals surface area contributed by atoms with Gasteiger partial charge in [0.25, 0.3) is 35.4 Å². The summed E-state index contributed by atoms with van der Waals surface area (Å²) in [7, 11) is -8.46. The van der Waals surface area contributed by atoms with Crippen molar-refractivity contribution in [2.45, 2.75) is 224 Å². The molecular formula is C109H140F6N12O16S2. The Kier molecular flexibility index (Phi) is 49.7. The smallest absolute Gasteiger partial charge is 0.253 e. The fourth-order valence-corrected chi connectivity index (χ4v) is 18.8. The third kappa shape index (κ3) is 38.5. The molecule has 0 aliphatic heterocycles.